The van der Waals surface area contributed by atoms with E-state index in [9.17, 15) is 19.2 Å². The molecule has 0 saturated carbocycles. The van der Waals surface area contributed by atoms with Crippen LogP contribution in [0.15, 0.2) is 18.2 Å². The van der Waals surface area contributed by atoms with Crippen molar-refractivity contribution >= 4 is 36.0 Å². The first-order chi connectivity index (χ1) is 15.0. The number of unbranched alkanes of at least 4 members (excludes halogenated alkanes) is 6. The Morgan fingerprint density at radius 1 is 1.06 bits per heavy atom. The first kappa shape index (κ1) is 25.8. The van der Waals surface area contributed by atoms with Crippen molar-refractivity contribution in [3.63, 3.8) is 0 Å². The number of hydrogen-bond acceptors (Lipinski definition) is 5. The van der Waals surface area contributed by atoms with Gasteiger partial charge in [-0.15, -0.1) is 12.4 Å². The number of nitrogens with two attached hydrogens (primary N) is 1. The summed E-state index contributed by atoms with van der Waals surface area (Å²) in [6.45, 7) is 1.66. The molecule has 0 radical (unpaired) electrons. The summed E-state index contributed by atoms with van der Waals surface area (Å²) in [4.78, 5) is 50.2. The highest BCUT2D eigenvalue weighted by atomic mass is 35.5. The fraction of sp³-hybridized carbons (Fsp3) is 0.565. The molecule has 1 fully saturated rings. The summed E-state index contributed by atoms with van der Waals surface area (Å²) in [6, 6.07) is 4.38. The van der Waals surface area contributed by atoms with E-state index in [2.05, 4.69) is 10.6 Å². The fourth-order valence-electron chi connectivity index (χ4n) is 4.17. The molecular formula is C23H33ClN4O4. The van der Waals surface area contributed by atoms with Crippen LogP contribution in [0.25, 0.3) is 0 Å². The second-order valence-corrected chi connectivity index (χ2v) is 8.29. The van der Waals surface area contributed by atoms with Gasteiger partial charge in [0.2, 0.25) is 11.8 Å². The highest BCUT2D eigenvalue weighted by Gasteiger charge is 2.39. The molecule has 3 rings (SSSR count). The number of piperidine rings is 1. The standard InChI is InChI=1S/C23H32N4O4.ClH/c24-12-6-4-2-1-3-5-7-13-25-21(29)16-8-9-18-17(14-16)15-27(23(18)31)19-10-11-20(28)26-22(19)30;/h8-9,14,19H,1-7,10-13,15,24H2,(H,25,29)(H,26,28,30);1H. The van der Waals surface area contributed by atoms with Crippen LogP contribution in [0, 0.1) is 0 Å². The summed E-state index contributed by atoms with van der Waals surface area (Å²) in [5, 5.41) is 5.24. The monoisotopic (exact) mass is 464 g/mol. The quantitative estimate of drug-likeness (QED) is 0.342. The highest BCUT2D eigenvalue weighted by molar-refractivity contribution is 6.06. The Kier molecular flexibility index (Phi) is 10.1. The van der Waals surface area contributed by atoms with Gasteiger partial charge in [-0.05, 0) is 49.6 Å². The molecule has 8 nitrogen and oxygen atoms in total. The molecule has 1 atom stereocenters. The molecule has 1 aromatic rings. The predicted octanol–water partition coefficient (Wildman–Crippen LogP) is 2.29. The van der Waals surface area contributed by atoms with E-state index in [1.807, 2.05) is 0 Å². The molecule has 2 aliphatic heterocycles. The lowest BCUT2D eigenvalue weighted by Crippen LogP contribution is -2.52. The summed E-state index contributed by atoms with van der Waals surface area (Å²) in [6.07, 6.45) is 8.44. The molecule has 0 aliphatic carbocycles. The van der Waals surface area contributed by atoms with Crippen molar-refractivity contribution in [1.29, 1.82) is 0 Å². The van der Waals surface area contributed by atoms with Gasteiger partial charge in [0.1, 0.15) is 6.04 Å². The molecule has 4 N–H and O–H groups in total. The van der Waals surface area contributed by atoms with Crippen LogP contribution in [0.5, 0.6) is 0 Å². The number of benzene rings is 1. The maximum Gasteiger partial charge on any atom is 0.255 e. The van der Waals surface area contributed by atoms with Crippen molar-refractivity contribution in [3.8, 4) is 0 Å². The Balaban J connectivity index is 0.00000363. The lowest BCUT2D eigenvalue weighted by atomic mass is 10.0. The number of carbonyl (C=O) groups is 4. The van der Waals surface area contributed by atoms with Crippen LogP contribution >= 0.6 is 12.4 Å². The average molecular weight is 465 g/mol. The Morgan fingerprint density at radius 3 is 2.44 bits per heavy atom. The van der Waals surface area contributed by atoms with Crippen LogP contribution in [0.2, 0.25) is 0 Å². The number of rotatable bonds is 11. The topological polar surface area (TPSA) is 122 Å². The number of carbonyl (C=O) groups excluding carboxylic acids is 4. The third-order valence-corrected chi connectivity index (χ3v) is 5.95. The zero-order chi connectivity index (χ0) is 22.2. The third kappa shape index (κ3) is 6.53. The largest absolute Gasteiger partial charge is 0.352 e. The van der Waals surface area contributed by atoms with Gasteiger partial charge in [-0.2, -0.15) is 0 Å². The maximum atomic E-state index is 12.7. The molecule has 1 saturated heterocycles. The van der Waals surface area contributed by atoms with E-state index in [1.54, 1.807) is 18.2 Å². The first-order valence-electron chi connectivity index (χ1n) is 11.3. The maximum absolute atomic E-state index is 12.7. The number of nitrogens with one attached hydrogen (secondary N) is 2. The van der Waals surface area contributed by atoms with Crippen LogP contribution in [-0.2, 0) is 16.1 Å². The van der Waals surface area contributed by atoms with Gasteiger partial charge in [0.15, 0.2) is 0 Å². The Morgan fingerprint density at radius 2 is 1.75 bits per heavy atom. The minimum atomic E-state index is -0.648. The summed E-state index contributed by atoms with van der Waals surface area (Å²) in [5.74, 6) is -1.13. The molecule has 0 bridgehead atoms. The van der Waals surface area contributed by atoms with E-state index in [0.29, 0.717) is 24.1 Å². The average Bonchev–Trinajstić information content (AvgIpc) is 3.08. The molecule has 2 aliphatic rings. The van der Waals surface area contributed by atoms with E-state index in [0.717, 1.165) is 37.8 Å². The van der Waals surface area contributed by atoms with Crippen molar-refractivity contribution in [2.75, 3.05) is 13.1 Å². The SMILES string of the molecule is Cl.NCCCCCCCCCNC(=O)c1ccc2c(c1)CN(C1CCC(=O)NC1=O)C2=O. The minimum Gasteiger partial charge on any atom is -0.352 e. The van der Waals surface area contributed by atoms with E-state index >= 15 is 0 Å². The smallest absolute Gasteiger partial charge is 0.255 e. The zero-order valence-corrected chi connectivity index (χ0v) is 19.2. The van der Waals surface area contributed by atoms with Crippen LogP contribution in [0.3, 0.4) is 0 Å². The fourth-order valence-corrected chi connectivity index (χ4v) is 4.17. The van der Waals surface area contributed by atoms with Gasteiger partial charge in [0.25, 0.3) is 11.8 Å². The second kappa shape index (κ2) is 12.6. The van der Waals surface area contributed by atoms with E-state index < -0.39 is 11.9 Å². The number of fused-ring (bicyclic) bond motifs is 1. The molecule has 32 heavy (non-hydrogen) atoms. The van der Waals surface area contributed by atoms with Gasteiger partial charge in [-0.1, -0.05) is 32.1 Å². The molecule has 1 aromatic carbocycles. The predicted molar refractivity (Wildman–Crippen MR) is 123 cm³/mol. The van der Waals surface area contributed by atoms with Crippen LogP contribution in [-0.4, -0.2) is 47.7 Å². The Bertz CT molecular complexity index is 845. The van der Waals surface area contributed by atoms with Crippen molar-refractivity contribution in [3.05, 3.63) is 34.9 Å². The number of imide groups is 1. The molecule has 4 amide bonds. The molecule has 176 valence electrons. The molecular weight excluding hydrogens is 432 g/mol. The van der Waals surface area contributed by atoms with Gasteiger partial charge in [-0.25, -0.2) is 0 Å². The van der Waals surface area contributed by atoms with Crippen LogP contribution < -0.4 is 16.4 Å². The van der Waals surface area contributed by atoms with Gasteiger partial charge in [0.05, 0.1) is 0 Å². The minimum absolute atomic E-state index is 0. The lowest BCUT2D eigenvalue weighted by molar-refractivity contribution is -0.136. The number of hydrogen-bond donors (Lipinski definition) is 3. The lowest BCUT2D eigenvalue weighted by Gasteiger charge is -2.29. The summed E-state index contributed by atoms with van der Waals surface area (Å²) < 4.78 is 0. The Labute approximate surface area is 195 Å². The molecule has 0 spiro atoms. The molecule has 0 aromatic heterocycles. The van der Waals surface area contributed by atoms with Crippen molar-refractivity contribution in [2.24, 2.45) is 5.73 Å². The highest BCUT2D eigenvalue weighted by Crippen LogP contribution is 2.28. The summed E-state index contributed by atoms with van der Waals surface area (Å²) >= 11 is 0. The number of nitrogens with zero attached hydrogens (tertiary/aromatic N) is 1. The summed E-state index contributed by atoms with van der Waals surface area (Å²) in [5.41, 5.74) is 7.25. The first-order valence-corrected chi connectivity index (χ1v) is 11.3. The Hall–Kier alpha value is -2.45. The van der Waals surface area contributed by atoms with Gasteiger partial charge < -0.3 is 16.0 Å². The zero-order valence-electron chi connectivity index (χ0n) is 18.4. The van der Waals surface area contributed by atoms with Crippen molar-refractivity contribution < 1.29 is 19.2 Å². The van der Waals surface area contributed by atoms with E-state index in [-0.39, 0.29) is 43.1 Å². The van der Waals surface area contributed by atoms with Crippen LogP contribution in [0.4, 0.5) is 0 Å². The third-order valence-electron chi connectivity index (χ3n) is 5.95. The van der Waals surface area contributed by atoms with E-state index in [1.165, 1.54) is 24.2 Å². The summed E-state index contributed by atoms with van der Waals surface area (Å²) in [7, 11) is 0. The van der Waals surface area contributed by atoms with Crippen molar-refractivity contribution in [2.45, 2.75) is 70.4 Å². The van der Waals surface area contributed by atoms with Gasteiger partial charge in [0, 0.05) is 30.6 Å². The van der Waals surface area contributed by atoms with Gasteiger partial charge >= 0.3 is 0 Å². The molecule has 9 heteroatoms. The van der Waals surface area contributed by atoms with Gasteiger partial charge in [-0.3, -0.25) is 24.5 Å². The molecule has 1 unspecified atom stereocenters. The number of halogens is 1. The number of amides is 4. The van der Waals surface area contributed by atoms with Crippen LogP contribution in [0.1, 0.15) is 84.1 Å². The normalized spacial score (nSPS) is 17.6. The van der Waals surface area contributed by atoms with E-state index in [4.69, 9.17) is 5.73 Å². The molecule has 2 heterocycles. The second-order valence-electron chi connectivity index (χ2n) is 8.29. The van der Waals surface area contributed by atoms with Crippen molar-refractivity contribution in [1.82, 2.24) is 15.5 Å².